The molecule has 1 heterocycles. The molecule has 0 aromatic heterocycles. The third-order valence-electron chi connectivity index (χ3n) is 2.91. The van der Waals surface area contributed by atoms with Gasteiger partial charge < -0.3 is 21.0 Å². The van der Waals surface area contributed by atoms with Crippen LogP contribution in [0.15, 0.2) is 5.16 Å². The second kappa shape index (κ2) is 7.11. The van der Waals surface area contributed by atoms with E-state index in [9.17, 15) is 4.79 Å². The Kier molecular flexibility index (Phi) is 5.76. The minimum Gasteiger partial charge on any atom is -0.409 e. The number of amidine groups is 1. The quantitative estimate of drug-likeness (QED) is 0.282. The third-order valence-corrected chi connectivity index (χ3v) is 2.91. The molecular weight excluding hydrogens is 222 g/mol. The molecule has 1 amide bonds. The molecule has 1 aliphatic heterocycles. The summed E-state index contributed by atoms with van der Waals surface area (Å²) >= 11 is 0. The zero-order valence-electron chi connectivity index (χ0n) is 10.2. The van der Waals surface area contributed by atoms with Crippen LogP contribution in [0.1, 0.15) is 32.6 Å². The lowest BCUT2D eigenvalue weighted by atomic mass is 10.1. The summed E-state index contributed by atoms with van der Waals surface area (Å²) in [4.78, 5) is 11.6. The predicted molar refractivity (Wildman–Crippen MR) is 63.8 cm³/mol. The van der Waals surface area contributed by atoms with Crippen LogP contribution < -0.4 is 11.1 Å². The molecule has 98 valence electrons. The molecular formula is C11H21N3O3. The zero-order valence-corrected chi connectivity index (χ0v) is 10.2. The van der Waals surface area contributed by atoms with E-state index in [0.717, 1.165) is 25.9 Å². The fraction of sp³-hybridized carbons (Fsp3) is 0.818. The average molecular weight is 243 g/mol. The van der Waals surface area contributed by atoms with Crippen LogP contribution in [0, 0.1) is 5.92 Å². The Labute approximate surface area is 101 Å². The van der Waals surface area contributed by atoms with Crippen molar-refractivity contribution in [3.05, 3.63) is 0 Å². The fourth-order valence-corrected chi connectivity index (χ4v) is 1.72. The van der Waals surface area contributed by atoms with Gasteiger partial charge in [0.25, 0.3) is 0 Å². The number of hydrogen-bond donors (Lipinski definition) is 3. The molecule has 1 saturated heterocycles. The van der Waals surface area contributed by atoms with Crippen LogP contribution in [0.2, 0.25) is 0 Å². The van der Waals surface area contributed by atoms with E-state index in [1.54, 1.807) is 6.92 Å². The average Bonchev–Trinajstić information content (AvgIpc) is 2.36. The molecule has 0 aromatic rings. The van der Waals surface area contributed by atoms with Crippen LogP contribution in [0.3, 0.4) is 0 Å². The van der Waals surface area contributed by atoms with Gasteiger partial charge in [-0.05, 0) is 19.3 Å². The van der Waals surface area contributed by atoms with Gasteiger partial charge in [-0.25, -0.2) is 0 Å². The minimum absolute atomic E-state index is 0.0444. The maximum absolute atomic E-state index is 11.6. The van der Waals surface area contributed by atoms with Crippen molar-refractivity contribution in [2.45, 2.75) is 38.7 Å². The highest BCUT2D eigenvalue weighted by molar-refractivity contribution is 5.83. The highest BCUT2D eigenvalue weighted by atomic mass is 16.5. The van der Waals surface area contributed by atoms with Crippen LogP contribution in [0.4, 0.5) is 0 Å². The highest BCUT2D eigenvalue weighted by Gasteiger charge is 2.18. The summed E-state index contributed by atoms with van der Waals surface area (Å²) in [6.45, 7) is 2.91. The van der Waals surface area contributed by atoms with Gasteiger partial charge in [0.1, 0.15) is 5.84 Å². The van der Waals surface area contributed by atoms with E-state index in [0.29, 0.717) is 13.0 Å². The lowest BCUT2D eigenvalue weighted by Crippen LogP contribution is -2.36. The first-order valence-electron chi connectivity index (χ1n) is 5.99. The number of hydrogen-bond acceptors (Lipinski definition) is 4. The molecule has 2 unspecified atom stereocenters. The summed E-state index contributed by atoms with van der Waals surface area (Å²) < 4.78 is 5.47. The molecule has 2 atom stereocenters. The summed E-state index contributed by atoms with van der Waals surface area (Å²) in [5.41, 5.74) is 5.41. The van der Waals surface area contributed by atoms with Crippen LogP contribution in [-0.4, -0.2) is 36.2 Å². The maximum Gasteiger partial charge on any atom is 0.222 e. The standard InChI is InChI=1S/C11H21N3O3/c1-8(11(12)14-16)7-13-10(15)6-9-4-2-3-5-17-9/h8-9,16H,2-7H2,1H3,(H2,12,14)(H,13,15). The van der Waals surface area contributed by atoms with Crippen molar-refractivity contribution < 1.29 is 14.7 Å². The van der Waals surface area contributed by atoms with Crippen LogP contribution >= 0.6 is 0 Å². The van der Waals surface area contributed by atoms with Gasteiger partial charge in [-0.3, -0.25) is 4.79 Å². The van der Waals surface area contributed by atoms with Crippen molar-refractivity contribution >= 4 is 11.7 Å². The summed E-state index contributed by atoms with van der Waals surface area (Å²) in [6, 6.07) is 0. The van der Waals surface area contributed by atoms with E-state index < -0.39 is 0 Å². The molecule has 1 fully saturated rings. The van der Waals surface area contributed by atoms with E-state index >= 15 is 0 Å². The smallest absolute Gasteiger partial charge is 0.222 e. The number of nitrogens with one attached hydrogen (secondary N) is 1. The molecule has 1 rings (SSSR count). The summed E-state index contributed by atoms with van der Waals surface area (Å²) in [5.74, 6) is -0.0927. The zero-order chi connectivity index (χ0) is 12.7. The van der Waals surface area contributed by atoms with Crippen molar-refractivity contribution in [2.75, 3.05) is 13.2 Å². The van der Waals surface area contributed by atoms with E-state index in [2.05, 4.69) is 10.5 Å². The number of ether oxygens (including phenoxy) is 1. The van der Waals surface area contributed by atoms with E-state index in [1.165, 1.54) is 0 Å². The second-order valence-electron chi connectivity index (χ2n) is 4.42. The predicted octanol–water partition coefficient (Wildman–Crippen LogP) is 0.444. The monoisotopic (exact) mass is 243 g/mol. The molecule has 0 radical (unpaired) electrons. The Hall–Kier alpha value is -1.30. The topological polar surface area (TPSA) is 96.9 Å². The van der Waals surface area contributed by atoms with Crippen molar-refractivity contribution in [1.29, 1.82) is 0 Å². The van der Waals surface area contributed by atoms with Crippen LogP contribution in [0.25, 0.3) is 0 Å². The fourth-order valence-electron chi connectivity index (χ4n) is 1.72. The SMILES string of the molecule is CC(CNC(=O)CC1CCCCO1)C(N)=NO. The normalized spacial score (nSPS) is 23.1. The first kappa shape index (κ1) is 13.8. The van der Waals surface area contributed by atoms with Gasteiger partial charge >= 0.3 is 0 Å². The van der Waals surface area contributed by atoms with Crippen molar-refractivity contribution in [3.8, 4) is 0 Å². The van der Waals surface area contributed by atoms with Gasteiger partial charge in [0, 0.05) is 19.1 Å². The van der Waals surface area contributed by atoms with Crippen molar-refractivity contribution in [3.63, 3.8) is 0 Å². The molecule has 0 bridgehead atoms. The van der Waals surface area contributed by atoms with Gasteiger partial charge in [0.2, 0.25) is 5.91 Å². The Morgan fingerprint density at radius 3 is 3.00 bits per heavy atom. The molecule has 0 spiro atoms. The molecule has 17 heavy (non-hydrogen) atoms. The maximum atomic E-state index is 11.6. The first-order chi connectivity index (χ1) is 8.13. The largest absolute Gasteiger partial charge is 0.409 e. The molecule has 6 heteroatoms. The lowest BCUT2D eigenvalue weighted by Gasteiger charge is -2.22. The summed E-state index contributed by atoms with van der Waals surface area (Å²) in [7, 11) is 0. The van der Waals surface area contributed by atoms with Gasteiger partial charge in [-0.2, -0.15) is 0 Å². The first-order valence-corrected chi connectivity index (χ1v) is 5.99. The Balaban J connectivity index is 2.20. The summed E-state index contributed by atoms with van der Waals surface area (Å²) in [5, 5.41) is 14.1. The molecule has 1 aliphatic rings. The highest BCUT2D eigenvalue weighted by Crippen LogP contribution is 2.15. The van der Waals surface area contributed by atoms with Crippen LogP contribution in [-0.2, 0) is 9.53 Å². The second-order valence-corrected chi connectivity index (χ2v) is 4.42. The molecule has 6 nitrogen and oxygen atoms in total. The molecule has 0 aliphatic carbocycles. The van der Waals surface area contributed by atoms with E-state index in [1.807, 2.05) is 0 Å². The van der Waals surface area contributed by atoms with Crippen molar-refractivity contribution in [2.24, 2.45) is 16.8 Å². The lowest BCUT2D eigenvalue weighted by molar-refractivity contribution is -0.124. The van der Waals surface area contributed by atoms with Gasteiger partial charge in [0.05, 0.1) is 12.5 Å². The minimum atomic E-state index is -0.170. The third kappa shape index (κ3) is 5.04. The van der Waals surface area contributed by atoms with Crippen LogP contribution in [0.5, 0.6) is 0 Å². The summed E-state index contributed by atoms with van der Waals surface area (Å²) in [6.07, 6.45) is 3.59. The Bertz CT molecular complexity index is 275. The number of amides is 1. The number of carbonyl (C=O) groups is 1. The molecule has 4 N–H and O–H groups in total. The van der Waals surface area contributed by atoms with Gasteiger partial charge in [-0.15, -0.1) is 0 Å². The number of carbonyl (C=O) groups excluding carboxylic acids is 1. The number of nitrogens with two attached hydrogens (primary N) is 1. The number of rotatable bonds is 5. The van der Waals surface area contributed by atoms with E-state index in [-0.39, 0.29) is 23.8 Å². The van der Waals surface area contributed by atoms with E-state index in [4.69, 9.17) is 15.7 Å². The van der Waals surface area contributed by atoms with Gasteiger partial charge in [0.15, 0.2) is 0 Å². The van der Waals surface area contributed by atoms with Crippen molar-refractivity contribution in [1.82, 2.24) is 5.32 Å². The number of nitrogens with zero attached hydrogens (tertiary/aromatic N) is 1. The van der Waals surface area contributed by atoms with Gasteiger partial charge in [-0.1, -0.05) is 12.1 Å². The Morgan fingerprint density at radius 1 is 1.65 bits per heavy atom. The Morgan fingerprint density at radius 2 is 2.41 bits per heavy atom. The molecule has 0 saturated carbocycles. The molecule has 0 aromatic carbocycles. The number of oxime groups is 1.